The molecule has 122 valence electrons. The molecule has 1 aliphatic heterocycles. The van der Waals surface area contributed by atoms with Crippen molar-refractivity contribution in [3.8, 4) is 0 Å². The number of aryl methyl sites for hydroxylation is 2. The van der Waals surface area contributed by atoms with Crippen LogP contribution in [0.4, 0.5) is 17.6 Å². The first-order valence-electron chi connectivity index (χ1n) is 7.98. The van der Waals surface area contributed by atoms with E-state index in [9.17, 15) is 0 Å². The highest BCUT2D eigenvalue weighted by molar-refractivity contribution is 5.50. The highest BCUT2D eigenvalue weighted by Gasteiger charge is 2.26. The van der Waals surface area contributed by atoms with Crippen LogP contribution in [0.1, 0.15) is 24.2 Å². The molecule has 0 amide bonds. The summed E-state index contributed by atoms with van der Waals surface area (Å²) in [5.74, 6) is 2.51. The minimum Gasteiger partial charge on any atom is -0.373 e. The molecule has 1 atom stereocenters. The lowest BCUT2D eigenvalue weighted by atomic mass is 10.2. The van der Waals surface area contributed by atoms with Crippen LogP contribution in [-0.4, -0.2) is 46.1 Å². The highest BCUT2D eigenvalue weighted by atomic mass is 15.3. The van der Waals surface area contributed by atoms with Crippen LogP contribution >= 0.6 is 0 Å². The van der Waals surface area contributed by atoms with E-state index in [0.717, 1.165) is 42.5 Å². The van der Waals surface area contributed by atoms with E-state index < -0.39 is 0 Å². The first-order chi connectivity index (χ1) is 11.2. The molecule has 3 heterocycles. The van der Waals surface area contributed by atoms with Gasteiger partial charge >= 0.3 is 0 Å². The van der Waals surface area contributed by atoms with Gasteiger partial charge in [-0.05, 0) is 32.8 Å². The number of anilines is 3. The third kappa shape index (κ3) is 3.67. The molecule has 2 aromatic heterocycles. The van der Waals surface area contributed by atoms with Crippen LogP contribution in [0.5, 0.6) is 0 Å². The zero-order chi connectivity index (χ0) is 16.2. The van der Waals surface area contributed by atoms with Crippen LogP contribution < -0.4 is 15.5 Å². The second-order valence-electron chi connectivity index (χ2n) is 5.86. The molecule has 7 heteroatoms. The van der Waals surface area contributed by atoms with E-state index >= 15 is 0 Å². The van der Waals surface area contributed by atoms with E-state index in [4.69, 9.17) is 0 Å². The lowest BCUT2D eigenvalue weighted by molar-refractivity contribution is 0.686. The van der Waals surface area contributed by atoms with Crippen molar-refractivity contribution in [2.24, 2.45) is 0 Å². The molecule has 2 aromatic rings. The summed E-state index contributed by atoms with van der Waals surface area (Å²) in [6.07, 6.45) is 3.91. The van der Waals surface area contributed by atoms with Crippen molar-refractivity contribution in [2.75, 3.05) is 35.7 Å². The van der Waals surface area contributed by atoms with E-state index in [2.05, 4.69) is 35.5 Å². The lowest BCUT2D eigenvalue weighted by Gasteiger charge is -2.26. The van der Waals surface area contributed by atoms with Crippen LogP contribution in [-0.2, 0) is 0 Å². The third-order valence-electron chi connectivity index (χ3n) is 4.06. The van der Waals surface area contributed by atoms with Crippen molar-refractivity contribution in [3.05, 3.63) is 29.8 Å². The first kappa shape index (κ1) is 15.5. The average Bonchev–Trinajstić information content (AvgIpc) is 3.00. The standard InChI is InChI=1S/C16H23N7/c1-11-7-12(2)22-16(21-11)18-9-13-5-4-6-23(13)15-8-14(17-3)19-10-20-15/h7-8,10,13H,4-6,9H2,1-3H3,(H,17,19,20)(H,18,21,22). The van der Waals surface area contributed by atoms with E-state index in [0.29, 0.717) is 12.0 Å². The predicted octanol–water partition coefficient (Wildman–Crippen LogP) is 2.01. The molecule has 0 bridgehead atoms. The molecule has 3 rings (SSSR count). The predicted molar refractivity (Wildman–Crippen MR) is 91.9 cm³/mol. The van der Waals surface area contributed by atoms with Gasteiger partial charge in [-0.3, -0.25) is 0 Å². The van der Waals surface area contributed by atoms with Gasteiger partial charge in [0, 0.05) is 43.6 Å². The van der Waals surface area contributed by atoms with Gasteiger partial charge in [0.15, 0.2) is 0 Å². The maximum absolute atomic E-state index is 4.44. The van der Waals surface area contributed by atoms with Gasteiger partial charge in [0.1, 0.15) is 18.0 Å². The maximum atomic E-state index is 4.44. The second kappa shape index (κ2) is 6.76. The largest absolute Gasteiger partial charge is 0.373 e. The Kier molecular flexibility index (Phi) is 4.55. The van der Waals surface area contributed by atoms with Gasteiger partial charge in [0.05, 0.1) is 0 Å². The quantitative estimate of drug-likeness (QED) is 0.874. The van der Waals surface area contributed by atoms with Crippen LogP contribution in [0.15, 0.2) is 18.5 Å². The summed E-state index contributed by atoms with van der Waals surface area (Å²) >= 11 is 0. The number of hydrogen-bond donors (Lipinski definition) is 2. The number of nitrogens with one attached hydrogen (secondary N) is 2. The van der Waals surface area contributed by atoms with E-state index in [1.165, 1.54) is 6.42 Å². The summed E-state index contributed by atoms with van der Waals surface area (Å²) in [5, 5.41) is 6.44. The molecule has 1 saturated heterocycles. The van der Waals surface area contributed by atoms with Gasteiger partial charge in [-0.25, -0.2) is 19.9 Å². The normalized spacial score (nSPS) is 17.3. The van der Waals surface area contributed by atoms with Gasteiger partial charge in [0.2, 0.25) is 5.95 Å². The fourth-order valence-electron chi connectivity index (χ4n) is 3.00. The summed E-state index contributed by atoms with van der Waals surface area (Å²) in [6.45, 7) is 5.80. The Labute approximate surface area is 136 Å². The van der Waals surface area contributed by atoms with Crippen LogP contribution in [0, 0.1) is 13.8 Å². The van der Waals surface area contributed by atoms with Gasteiger partial charge in [-0.2, -0.15) is 0 Å². The SMILES string of the molecule is CNc1cc(N2CCCC2CNc2nc(C)cc(C)n2)ncn1. The second-order valence-corrected chi connectivity index (χ2v) is 5.86. The van der Waals surface area contributed by atoms with Crippen molar-refractivity contribution in [2.45, 2.75) is 32.7 Å². The molecule has 1 fully saturated rings. The molecule has 2 N–H and O–H groups in total. The molecule has 1 unspecified atom stereocenters. The lowest BCUT2D eigenvalue weighted by Crippen LogP contribution is -2.35. The van der Waals surface area contributed by atoms with Gasteiger partial charge < -0.3 is 15.5 Å². The molecule has 0 radical (unpaired) electrons. The van der Waals surface area contributed by atoms with Crippen molar-refractivity contribution in [1.82, 2.24) is 19.9 Å². The van der Waals surface area contributed by atoms with Gasteiger partial charge in [-0.15, -0.1) is 0 Å². The average molecular weight is 313 g/mol. The zero-order valence-corrected chi connectivity index (χ0v) is 13.9. The van der Waals surface area contributed by atoms with Crippen LogP contribution in [0.25, 0.3) is 0 Å². The van der Waals surface area contributed by atoms with Crippen LogP contribution in [0.3, 0.4) is 0 Å². The fourth-order valence-corrected chi connectivity index (χ4v) is 3.00. The Morgan fingerprint density at radius 2 is 1.96 bits per heavy atom. The molecule has 7 nitrogen and oxygen atoms in total. The topological polar surface area (TPSA) is 78.9 Å². The highest BCUT2D eigenvalue weighted by Crippen LogP contribution is 2.25. The Morgan fingerprint density at radius 3 is 2.70 bits per heavy atom. The fraction of sp³-hybridized carbons (Fsp3) is 0.500. The van der Waals surface area contributed by atoms with Crippen molar-refractivity contribution in [3.63, 3.8) is 0 Å². The van der Waals surface area contributed by atoms with Gasteiger partial charge in [0.25, 0.3) is 0 Å². The van der Waals surface area contributed by atoms with E-state index in [-0.39, 0.29) is 0 Å². The number of hydrogen-bond acceptors (Lipinski definition) is 7. The first-order valence-corrected chi connectivity index (χ1v) is 7.98. The summed E-state index contributed by atoms with van der Waals surface area (Å²) in [6, 6.07) is 4.36. The zero-order valence-electron chi connectivity index (χ0n) is 13.9. The van der Waals surface area contributed by atoms with E-state index in [1.54, 1.807) is 6.33 Å². The Bertz CT molecular complexity index is 653. The Morgan fingerprint density at radius 1 is 1.17 bits per heavy atom. The summed E-state index contributed by atoms with van der Waals surface area (Å²) in [5.41, 5.74) is 1.97. The van der Waals surface area contributed by atoms with Crippen molar-refractivity contribution < 1.29 is 0 Å². The molecular formula is C16H23N7. The maximum Gasteiger partial charge on any atom is 0.223 e. The minimum atomic E-state index is 0.388. The molecular weight excluding hydrogens is 290 g/mol. The van der Waals surface area contributed by atoms with Gasteiger partial charge in [-0.1, -0.05) is 0 Å². The number of aromatic nitrogens is 4. The third-order valence-corrected chi connectivity index (χ3v) is 4.06. The van der Waals surface area contributed by atoms with Crippen molar-refractivity contribution >= 4 is 17.6 Å². The Balaban J connectivity index is 1.69. The molecule has 0 aromatic carbocycles. The molecule has 0 spiro atoms. The molecule has 1 aliphatic rings. The molecule has 0 aliphatic carbocycles. The Hall–Kier alpha value is -2.44. The minimum absolute atomic E-state index is 0.388. The van der Waals surface area contributed by atoms with Crippen molar-refractivity contribution in [1.29, 1.82) is 0 Å². The number of nitrogens with zero attached hydrogens (tertiary/aromatic N) is 5. The van der Waals surface area contributed by atoms with Crippen LogP contribution in [0.2, 0.25) is 0 Å². The summed E-state index contributed by atoms with van der Waals surface area (Å²) in [7, 11) is 1.87. The molecule has 0 saturated carbocycles. The molecule has 23 heavy (non-hydrogen) atoms. The monoisotopic (exact) mass is 313 g/mol. The smallest absolute Gasteiger partial charge is 0.223 e. The van der Waals surface area contributed by atoms with E-state index in [1.807, 2.05) is 33.0 Å². The number of rotatable bonds is 5. The summed E-state index contributed by atoms with van der Waals surface area (Å²) in [4.78, 5) is 19.8. The summed E-state index contributed by atoms with van der Waals surface area (Å²) < 4.78 is 0.